The highest BCUT2D eigenvalue weighted by molar-refractivity contribution is 7.81. The molecule has 2 unspecified atom stereocenters. The van der Waals surface area contributed by atoms with Crippen LogP contribution in [-0.4, -0.2) is 39.7 Å². The van der Waals surface area contributed by atoms with Crippen LogP contribution in [0.3, 0.4) is 0 Å². The summed E-state index contributed by atoms with van der Waals surface area (Å²) in [6.07, 6.45) is 2.77. The summed E-state index contributed by atoms with van der Waals surface area (Å²) in [5.74, 6) is -1.80. The van der Waals surface area contributed by atoms with Gasteiger partial charge in [-0.1, -0.05) is 57.0 Å². The number of aliphatic carboxylic acids is 1. The lowest BCUT2D eigenvalue weighted by Gasteiger charge is -2.32. The monoisotopic (exact) mass is 474 g/mol. The van der Waals surface area contributed by atoms with Gasteiger partial charge in [0.1, 0.15) is 11.6 Å². The first-order chi connectivity index (χ1) is 15.2. The third kappa shape index (κ3) is 5.72. The van der Waals surface area contributed by atoms with Gasteiger partial charge in [0.15, 0.2) is 0 Å². The Labute approximate surface area is 198 Å². The normalized spacial score (nSPS) is 17.0. The smallest absolute Gasteiger partial charge is 0.326 e. The molecule has 3 N–H and O–H groups in total. The molecule has 0 bridgehead atoms. The van der Waals surface area contributed by atoms with E-state index < -0.39 is 28.7 Å². The topological polar surface area (TPSA) is 95.5 Å². The van der Waals surface area contributed by atoms with Gasteiger partial charge in [-0.3, -0.25) is 9.59 Å². The standard InChI is InChI=1S/C24H30N2O4S2/c1-15(2)20(31)21(27)26-24(10-6-7-11-24)23(30)25-19(22(28)29)13-18-12-17(14-32-18)16-8-4-3-5-9-16/h3-5,8-9,12,14-15,19-20,31H,6-7,10-11,13H2,1-2H3,(H,25,30)(H,26,27)(H,28,29). The molecule has 1 fully saturated rings. The number of hydrogen-bond donors (Lipinski definition) is 4. The molecule has 172 valence electrons. The van der Waals surface area contributed by atoms with Crippen molar-refractivity contribution in [2.75, 3.05) is 0 Å². The highest BCUT2D eigenvalue weighted by Gasteiger charge is 2.44. The summed E-state index contributed by atoms with van der Waals surface area (Å²) < 4.78 is 0. The first-order valence-corrected chi connectivity index (χ1v) is 12.3. The Balaban J connectivity index is 1.72. The molecular formula is C24H30N2O4S2. The molecule has 6 nitrogen and oxygen atoms in total. The Morgan fingerprint density at radius 2 is 1.78 bits per heavy atom. The van der Waals surface area contributed by atoms with Crippen molar-refractivity contribution in [3.05, 3.63) is 46.7 Å². The number of thiophene rings is 1. The van der Waals surface area contributed by atoms with Crippen molar-refractivity contribution in [2.45, 2.75) is 62.8 Å². The van der Waals surface area contributed by atoms with E-state index in [-0.39, 0.29) is 18.2 Å². The first kappa shape index (κ1) is 24.3. The summed E-state index contributed by atoms with van der Waals surface area (Å²) in [7, 11) is 0. The molecule has 1 saturated carbocycles. The van der Waals surface area contributed by atoms with Crippen LogP contribution in [0.5, 0.6) is 0 Å². The summed E-state index contributed by atoms with van der Waals surface area (Å²) in [5.41, 5.74) is 1.00. The van der Waals surface area contributed by atoms with Crippen LogP contribution in [0, 0.1) is 5.92 Å². The number of carbonyl (C=O) groups is 3. The Morgan fingerprint density at radius 1 is 1.12 bits per heavy atom. The van der Waals surface area contributed by atoms with Crippen LogP contribution >= 0.6 is 24.0 Å². The molecule has 0 aliphatic heterocycles. The van der Waals surface area contributed by atoms with Gasteiger partial charge < -0.3 is 15.7 Å². The van der Waals surface area contributed by atoms with E-state index in [1.807, 2.05) is 55.6 Å². The molecular weight excluding hydrogens is 444 g/mol. The predicted molar refractivity (Wildman–Crippen MR) is 130 cm³/mol. The maximum Gasteiger partial charge on any atom is 0.326 e. The number of benzene rings is 1. The largest absolute Gasteiger partial charge is 0.480 e. The Bertz CT molecular complexity index is 952. The van der Waals surface area contributed by atoms with Gasteiger partial charge in [0, 0.05) is 11.3 Å². The van der Waals surface area contributed by atoms with Crippen molar-refractivity contribution in [3.63, 3.8) is 0 Å². The zero-order valence-corrected chi connectivity index (χ0v) is 20.0. The molecule has 2 atom stereocenters. The summed E-state index contributed by atoms with van der Waals surface area (Å²) in [6.45, 7) is 3.79. The van der Waals surface area contributed by atoms with Gasteiger partial charge in [0.25, 0.3) is 0 Å². The van der Waals surface area contributed by atoms with Crippen LogP contribution < -0.4 is 10.6 Å². The minimum atomic E-state index is -1.10. The average molecular weight is 475 g/mol. The lowest BCUT2D eigenvalue weighted by molar-refractivity contribution is -0.143. The highest BCUT2D eigenvalue weighted by Crippen LogP contribution is 2.31. The maximum atomic E-state index is 13.2. The number of amides is 2. The predicted octanol–water partition coefficient (Wildman–Crippen LogP) is 3.91. The van der Waals surface area contributed by atoms with Crippen LogP contribution in [0.15, 0.2) is 41.8 Å². The minimum Gasteiger partial charge on any atom is -0.480 e. The SMILES string of the molecule is CC(C)C(S)C(=O)NC1(C(=O)NC(Cc2cc(-c3ccccc3)cs2)C(=O)O)CCCC1. The third-order valence-electron chi connectivity index (χ3n) is 5.92. The molecule has 1 aromatic carbocycles. The van der Waals surface area contributed by atoms with Crippen molar-refractivity contribution < 1.29 is 19.5 Å². The van der Waals surface area contributed by atoms with E-state index in [1.165, 1.54) is 11.3 Å². The van der Waals surface area contributed by atoms with Gasteiger partial charge in [-0.05, 0) is 41.3 Å². The van der Waals surface area contributed by atoms with Gasteiger partial charge in [-0.2, -0.15) is 12.6 Å². The summed E-state index contributed by atoms with van der Waals surface area (Å²) >= 11 is 5.83. The molecule has 0 saturated heterocycles. The first-order valence-electron chi connectivity index (χ1n) is 10.9. The summed E-state index contributed by atoms with van der Waals surface area (Å²) in [5, 5.41) is 16.8. The van der Waals surface area contributed by atoms with Crippen molar-refractivity contribution in [1.82, 2.24) is 10.6 Å². The lowest BCUT2D eigenvalue weighted by atomic mass is 9.94. The van der Waals surface area contributed by atoms with E-state index in [0.29, 0.717) is 12.8 Å². The molecule has 1 aromatic heterocycles. The number of nitrogens with one attached hydrogen (secondary N) is 2. The van der Waals surface area contributed by atoms with Crippen LogP contribution in [0.1, 0.15) is 44.4 Å². The van der Waals surface area contributed by atoms with Gasteiger partial charge >= 0.3 is 5.97 Å². The van der Waals surface area contributed by atoms with E-state index in [4.69, 9.17) is 0 Å². The molecule has 1 aliphatic carbocycles. The molecule has 8 heteroatoms. The van der Waals surface area contributed by atoms with E-state index in [1.54, 1.807) is 0 Å². The summed E-state index contributed by atoms with van der Waals surface area (Å²) in [4.78, 5) is 38.6. The molecule has 3 rings (SSSR count). The number of carboxylic acids is 1. The van der Waals surface area contributed by atoms with Crippen molar-refractivity contribution >= 4 is 41.7 Å². The Morgan fingerprint density at radius 3 is 2.38 bits per heavy atom. The van der Waals surface area contributed by atoms with E-state index >= 15 is 0 Å². The zero-order valence-electron chi connectivity index (χ0n) is 18.3. The van der Waals surface area contributed by atoms with E-state index in [2.05, 4.69) is 23.3 Å². The van der Waals surface area contributed by atoms with E-state index in [9.17, 15) is 19.5 Å². The van der Waals surface area contributed by atoms with Gasteiger partial charge in [0.05, 0.1) is 5.25 Å². The third-order valence-corrected chi connectivity index (χ3v) is 7.71. The van der Waals surface area contributed by atoms with Crippen molar-refractivity contribution in [3.8, 4) is 11.1 Å². The highest BCUT2D eigenvalue weighted by atomic mass is 32.1. The van der Waals surface area contributed by atoms with Crippen LogP contribution in [-0.2, 0) is 20.8 Å². The zero-order chi connectivity index (χ0) is 23.3. The quantitative estimate of drug-likeness (QED) is 0.415. The number of carboxylic acid groups (broad SMARTS) is 1. The van der Waals surface area contributed by atoms with Gasteiger partial charge in [-0.25, -0.2) is 4.79 Å². The second kappa shape index (κ2) is 10.5. The fourth-order valence-corrected chi connectivity index (χ4v) is 4.97. The maximum absolute atomic E-state index is 13.2. The summed E-state index contributed by atoms with van der Waals surface area (Å²) in [6, 6.07) is 10.7. The fourth-order valence-electron chi connectivity index (χ4n) is 3.97. The van der Waals surface area contributed by atoms with Crippen molar-refractivity contribution in [2.24, 2.45) is 5.92 Å². The Hall–Kier alpha value is -2.32. The lowest BCUT2D eigenvalue weighted by Crippen LogP contribution is -2.61. The minimum absolute atomic E-state index is 0.0178. The molecule has 1 heterocycles. The second-order valence-corrected chi connectivity index (χ2v) is 10.3. The fraction of sp³-hybridized carbons (Fsp3) is 0.458. The molecule has 0 spiro atoms. The van der Waals surface area contributed by atoms with Crippen LogP contribution in [0.4, 0.5) is 0 Å². The van der Waals surface area contributed by atoms with Crippen LogP contribution in [0.2, 0.25) is 0 Å². The number of thiol groups is 1. The Kier molecular flexibility index (Phi) is 8.00. The molecule has 2 aromatic rings. The molecule has 0 radical (unpaired) electrons. The van der Waals surface area contributed by atoms with Crippen molar-refractivity contribution in [1.29, 1.82) is 0 Å². The molecule has 1 aliphatic rings. The molecule has 2 amide bonds. The van der Waals surface area contributed by atoms with Gasteiger partial charge in [-0.15, -0.1) is 11.3 Å². The molecule has 32 heavy (non-hydrogen) atoms. The number of hydrogen-bond acceptors (Lipinski definition) is 5. The number of rotatable bonds is 9. The van der Waals surface area contributed by atoms with Gasteiger partial charge in [0.2, 0.25) is 11.8 Å². The van der Waals surface area contributed by atoms with E-state index in [0.717, 1.165) is 28.8 Å². The average Bonchev–Trinajstić information content (AvgIpc) is 3.43. The second-order valence-electron chi connectivity index (χ2n) is 8.70. The van der Waals surface area contributed by atoms with Crippen LogP contribution in [0.25, 0.3) is 11.1 Å². The number of carbonyl (C=O) groups excluding carboxylic acids is 2.